The van der Waals surface area contributed by atoms with Crippen LogP contribution in [-0.4, -0.2) is 15.2 Å². The summed E-state index contributed by atoms with van der Waals surface area (Å²) >= 11 is 1.52. The number of halogens is 2. The Hall–Kier alpha value is -3.12. The minimum absolute atomic E-state index is 0.561. The van der Waals surface area contributed by atoms with Gasteiger partial charge in [0.25, 0.3) is 0 Å². The second-order valence-electron chi connectivity index (χ2n) is 6.81. The summed E-state index contributed by atoms with van der Waals surface area (Å²) in [6.07, 6.45) is 4.62. The van der Waals surface area contributed by atoms with E-state index in [1.165, 1.54) is 23.5 Å². The average molecular weight is 391 g/mol. The van der Waals surface area contributed by atoms with E-state index in [-0.39, 0.29) is 0 Å². The normalized spacial score (nSPS) is 18.2. The Morgan fingerprint density at radius 1 is 1.00 bits per heavy atom. The topological polar surface area (TPSA) is 41.6 Å². The largest absolute Gasteiger partial charge is 0.281 e. The highest BCUT2D eigenvalue weighted by molar-refractivity contribution is 7.07. The first-order valence-corrected chi connectivity index (χ1v) is 9.78. The summed E-state index contributed by atoms with van der Waals surface area (Å²) in [6.45, 7) is 0. The number of nitrogens with one attached hydrogen (secondary N) is 1. The Kier molecular flexibility index (Phi) is 3.94. The maximum Gasteiger partial charge on any atom is 0.159 e. The third kappa shape index (κ3) is 2.60. The van der Waals surface area contributed by atoms with Crippen LogP contribution in [0.4, 0.5) is 8.78 Å². The third-order valence-electron chi connectivity index (χ3n) is 5.27. The number of allylic oxidation sites excluding steroid dienone is 1. The molecule has 5 rings (SSSR count). The van der Waals surface area contributed by atoms with Crippen molar-refractivity contribution in [2.24, 2.45) is 0 Å². The molecule has 2 aromatic carbocycles. The number of fused-ring (bicyclic) bond motifs is 1. The molecule has 0 saturated carbocycles. The first kappa shape index (κ1) is 17.0. The van der Waals surface area contributed by atoms with Crippen molar-refractivity contribution in [3.63, 3.8) is 0 Å². The lowest BCUT2D eigenvalue weighted by atomic mass is 9.68. The fourth-order valence-corrected chi connectivity index (χ4v) is 4.40. The molecule has 1 aliphatic carbocycles. The molecule has 1 unspecified atom stereocenters. The van der Waals surface area contributed by atoms with Crippen LogP contribution in [0.5, 0.6) is 0 Å². The first-order chi connectivity index (χ1) is 13.7. The van der Waals surface area contributed by atoms with Gasteiger partial charge in [-0.3, -0.25) is 5.10 Å². The van der Waals surface area contributed by atoms with E-state index in [0.29, 0.717) is 12.0 Å². The fraction of sp³-hybridized carbons (Fsp3) is 0.0909. The summed E-state index contributed by atoms with van der Waals surface area (Å²) in [4.78, 5) is 4.35. The van der Waals surface area contributed by atoms with E-state index in [1.807, 2.05) is 41.8 Å². The van der Waals surface area contributed by atoms with Gasteiger partial charge in [0.1, 0.15) is 11.4 Å². The van der Waals surface area contributed by atoms with Crippen LogP contribution in [0.1, 0.15) is 22.4 Å². The van der Waals surface area contributed by atoms with E-state index in [2.05, 4.69) is 21.3 Å². The Morgan fingerprint density at radius 3 is 2.61 bits per heavy atom. The van der Waals surface area contributed by atoms with Gasteiger partial charge in [0.15, 0.2) is 11.6 Å². The van der Waals surface area contributed by atoms with Gasteiger partial charge < -0.3 is 0 Å². The molecule has 0 radical (unpaired) electrons. The second kappa shape index (κ2) is 6.49. The number of aromatic amines is 1. The highest BCUT2D eigenvalue weighted by Crippen LogP contribution is 2.43. The number of thiazole rings is 1. The monoisotopic (exact) mass is 391 g/mol. The third-order valence-corrected chi connectivity index (χ3v) is 5.86. The van der Waals surface area contributed by atoms with Crippen molar-refractivity contribution >= 4 is 17.4 Å². The zero-order chi connectivity index (χ0) is 19.1. The highest BCUT2D eigenvalue weighted by atomic mass is 32.1. The Balaban J connectivity index is 1.68. The predicted octanol–water partition coefficient (Wildman–Crippen LogP) is 5.37. The Morgan fingerprint density at radius 2 is 1.86 bits per heavy atom. The van der Waals surface area contributed by atoms with Crippen molar-refractivity contribution in [1.82, 2.24) is 15.2 Å². The van der Waals surface area contributed by atoms with Crippen LogP contribution in [-0.2, 0) is 11.8 Å². The summed E-state index contributed by atoms with van der Waals surface area (Å²) in [5.74, 6) is -1.69. The predicted molar refractivity (Wildman–Crippen MR) is 106 cm³/mol. The smallest absolute Gasteiger partial charge is 0.159 e. The molecule has 1 N–H and O–H groups in total. The Labute approximate surface area is 164 Å². The molecule has 2 aromatic heterocycles. The zero-order valence-electron chi connectivity index (χ0n) is 14.7. The molecule has 3 nitrogen and oxygen atoms in total. The van der Waals surface area contributed by atoms with Gasteiger partial charge in [-0.2, -0.15) is 5.10 Å². The SMILES string of the molecule is Fc1ccc(C2(c3ccccc3)C=Cc3c(-c4cscn4)n[nH]c3C2)cc1F. The summed E-state index contributed by atoms with van der Waals surface area (Å²) < 4.78 is 27.7. The van der Waals surface area contributed by atoms with E-state index in [0.717, 1.165) is 28.2 Å². The number of rotatable bonds is 3. The first-order valence-electron chi connectivity index (χ1n) is 8.83. The van der Waals surface area contributed by atoms with Crippen LogP contribution < -0.4 is 0 Å². The summed E-state index contributed by atoms with van der Waals surface area (Å²) in [6, 6.07) is 14.0. The van der Waals surface area contributed by atoms with Crippen LogP contribution in [0.3, 0.4) is 0 Å². The highest BCUT2D eigenvalue weighted by Gasteiger charge is 2.37. The van der Waals surface area contributed by atoms with E-state index < -0.39 is 17.0 Å². The minimum atomic E-state index is -0.847. The van der Waals surface area contributed by atoms with Crippen LogP contribution in [0.25, 0.3) is 17.5 Å². The van der Waals surface area contributed by atoms with E-state index >= 15 is 0 Å². The molecule has 1 atom stereocenters. The molecule has 0 aliphatic heterocycles. The number of aromatic nitrogens is 3. The van der Waals surface area contributed by atoms with Crippen molar-refractivity contribution in [3.8, 4) is 11.4 Å². The maximum absolute atomic E-state index is 14.1. The standard InChI is InChI=1S/C22H15F2N3S/c23-17-7-6-15(10-18(17)24)22(14-4-2-1-3-5-14)9-8-16-19(11-22)26-27-21(16)20-12-28-13-25-20/h1-10,12-13H,11H2,(H,26,27). The molecule has 0 amide bonds. The van der Waals surface area contributed by atoms with Gasteiger partial charge in [-0.25, -0.2) is 13.8 Å². The van der Waals surface area contributed by atoms with Gasteiger partial charge in [-0.05, 0) is 23.3 Å². The molecule has 0 spiro atoms. The number of H-pyrrole nitrogens is 1. The molecule has 0 bridgehead atoms. The molecule has 2 heterocycles. The van der Waals surface area contributed by atoms with Gasteiger partial charge in [0.2, 0.25) is 0 Å². The zero-order valence-corrected chi connectivity index (χ0v) is 15.5. The van der Waals surface area contributed by atoms with Crippen molar-refractivity contribution in [3.05, 3.63) is 99.5 Å². The molecule has 1 aliphatic rings. The number of hydrogen-bond acceptors (Lipinski definition) is 3. The molecule has 0 saturated heterocycles. The molecule has 6 heteroatoms. The van der Waals surface area contributed by atoms with Crippen LogP contribution in [0.2, 0.25) is 0 Å². The van der Waals surface area contributed by atoms with Gasteiger partial charge in [0.05, 0.1) is 5.51 Å². The van der Waals surface area contributed by atoms with E-state index in [1.54, 1.807) is 11.6 Å². The van der Waals surface area contributed by atoms with Gasteiger partial charge >= 0.3 is 0 Å². The molecular weight excluding hydrogens is 376 g/mol. The number of nitrogens with zero attached hydrogens (tertiary/aromatic N) is 2. The average Bonchev–Trinajstić information content (AvgIpc) is 3.39. The quantitative estimate of drug-likeness (QED) is 0.510. The molecule has 0 fully saturated rings. The number of benzene rings is 2. The molecule has 28 heavy (non-hydrogen) atoms. The summed E-state index contributed by atoms with van der Waals surface area (Å²) in [5.41, 5.74) is 6.43. The van der Waals surface area contributed by atoms with Gasteiger partial charge in [-0.15, -0.1) is 11.3 Å². The second-order valence-corrected chi connectivity index (χ2v) is 7.53. The van der Waals surface area contributed by atoms with E-state index in [9.17, 15) is 8.78 Å². The Bertz CT molecular complexity index is 1170. The lowest BCUT2D eigenvalue weighted by molar-refractivity contribution is 0.502. The van der Waals surface area contributed by atoms with Crippen molar-refractivity contribution < 1.29 is 8.78 Å². The minimum Gasteiger partial charge on any atom is -0.281 e. The fourth-order valence-electron chi connectivity index (χ4n) is 3.86. The number of hydrogen-bond donors (Lipinski definition) is 1. The molecule has 4 aromatic rings. The molecular formula is C22H15F2N3S. The van der Waals surface area contributed by atoms with Crippen LogP contribution in [0, 0.1) is 11.6 Å². The van der Waals surface area contributed by atoms with Crippen molar-refractivity contribution in [1.29, 1.82) is 0 Å². The van der Waals surface area contributed by atoms with Crippen molar-refractivity contribution in [2.45, 2.75) is 11.8 Å². The summed E-state index contributed by atoms with van der Waals surface area (Å²) in [7, 11) is 0. The van der Waals surface area contributed by atoms with Gasteiger partial charge in [-0.1, -0.05) is 48.6 Å². The maximum atomic E-state index is 14.1. The van der Waals surface area contributed by atoms with Crippen LogP contribution >= 0.6 is 11.3 Å². The molecule has 138 valence electrons. The summed E-state index contributed by atoms with van der Waals surface area (Å²) in [5, 5.41) is 9.55. The lowest BCUT2D eigenvalue weighted by Crippen LogP contribution is -2.30. The van der Waals surface area contributed by atoms with Crippen molar-refractivity contribution in [2.75, 3.05) is 0 Å². The van der Waals surface area contributed by atoms with Crippen LogP contribution in [0.15, 0.2) is 65.5 Å². The lowest BCUT2D eigenvalue weighted by Gasteiger charge is -2.34. The van der Waals surface area contributed by atoms with Gasteiger partial charge in [0, 0.05) is 28.5 Å². The van der Waals surface area contributed by atoms with E-state index in [4.69, 9.17) is 0 Å².